The third kappa shape index (κ3) is 5.15. The van der Waals surface area contributed by atoms with Crippen LogP contribution in [0, 0.1) is 12.8 Å². The van der Waals surface area contributed by atoms with E-state index >= 15 is 0 Å². The molecule has 0 aliphatic carbocycles. The number of nitrogens with one attached hydrogen (secondary N) is 2. The highest BCUT2D eigenvalue weighted by atomic mass is 35.5. The van der Waals surface area contributed by atoms with Gasteiger partial charge in [0, 0.05) is 12.7 Å². The number of nitrogens with zero attached hydrogens (tertiary/aromatic N) is 4. The molecule has 0 saturated carbocycles. The van der Waals surface area contributed by atoms with Crippen LogP contribution < -0.4 is 5.32 Å². The smallest absolute Gasteiger partial charge is 0.354 e. The van der Waals surface area contributed by atoms with Crippen LogP contribution in [0.15, 0.2) is 18.3 Å². The van der Waals surface area contributed by atoms with Crippen LogP contribution in [0.4, 0.5) is 19.1 Å². The Morgan fingerprint density at radius 1 is 1.22 bits per heavy atom. The number of fused-ring (bicyclic) bond motifs is 1. The number of likely N-dealkylation sites (tertiary alicyclic amines) is 1. The van der Waals surface area contributed by atoms with E-state index in [0.717, 1.165) is 31.0 Å². The number of hydrogen-bond acceptors (Lipinski definition) is 5. The van der Waals surface area contributed by atoms with Gasteiger partial charge in [0.1, 0.15) is 11.3 Å². The molecule has 0 amide bonds. The Morgan fingerprint density at radius 2 is 1.97 bits per heavy atom. The molecule has 0 atom stereocenters. The zero-order valence-electron chi connectivity index (χ0n) is 18.1. The van der Waals surface area contributed by atoms with Crippen molar-refractivity contribution in [1.29, 1.82) is 0 Å². The summed E-state index contributed by atoms with van der Waals surface area (Å²) in [7, 11) is 2.17. The summed E-state index contributed by atoms with van der Waals surface area (Å²) < 4.78 is 39.2. The van der Waals surface area contributed by atoms with Crippen LogP contribution in [0.2, 0.25) is 5.02 Å². The van der Waals surface area contributed by atoms with Gasteiger partial charge < -0.3 is 15.2 Å². The monoisotopic (exact) mass is 466 g/mol. The van der Waals surface area contributed by atoms with E-state index in [1.807, 2.05) is 6.92 Å². The average Bonchev–Trinajstić information content (AvgIpc) is 3.16. The molecule has 1 aliphatic heterocycles. The van der Waals surface area contributed by atoms with Crippen LogP contribution in [0.25, 0.3) is 22.4 Å². The van der Waals surface area contributed by atoms with Crippen molar-refractivity contribution in [3.8, 4) is 11.4 Å². The first-order valence-corrected chi connectivity index (χ1v) is 11.1. The second kappa shape index (κ2) is 9.23. The topological polar surface area (TPSA) is 69.7 Å². The molecule has 10 heteroatoms. The highest BCUT2D eigenvalue weighted by Crippen LogP contribution is 2.35. The number of hydrogen-bond donors (Lipinski definition) is 2. The number of imidazole rings is 1. The van der Waals surface area contributed by atoms with Gasteiger partial charge in [0.15, 0.2) is 0 Å². The first-order valence-electron chi connectivity index (χ1n) is 10.7. The van der Waals surface area contributed by atoms with Crippen molar-refractivity contribution in [2.45, 2.75) is 38.8 Å². The molecule has 1 aromatic carbocycles. The Hall–Kier alpha value is -2.39. The molecule has 2 aromatic heterocycles. The van der Waals surface area contributed by atoms with E-state index in [1.165, 1.54) is 32.4 Å². The summed E-state index contributed by atoms with van der Waals surface area (Å²) in [6.45, 7) is 4.96. The number of halogens is 4. The van der Waals surface area contributed by atoms with Crippen molar-refractivity contribution in [1.82, 2.24) is 24.8 Å². The number of aromatic nitrogens is 4. The van der Waals surface area contributed by atoms with Gasteiger partial charge in [0.25, 0.3) is 0 Å². The van der Waals surface area contributed by atoms with Crippen molar-refractivity contribution < 1.29 is 13.2 Å². The summed E-state index contributed by atoms with van der Waals surface area (Å²) in [5.74, 6) is 1.70. The third-order valence-corrected chi connectivity index (χ3v) is 6.30. The molecule has 32 heavy (non-hydrogen) atoms. The fourth-order valence-corrected chi connectivity index (χ4v) is 4.35. The Balaban J connectivity index is 1.41. The Bertz CT molecular complexity index is 1090. The molecule has 0 unspecified atom stereocenters. The summed E-state index contributed by atoms with van der Waals surface area (Å²) >= 11 is 6.04. The minimum Gasteiger partial charge on any atom is -0.354 e. The van der Waals surface area contributed by atoms with Crippen LogP contribution in [0.1, 0.15) is 36.9 Å². The second-order valence-corrected chi connectivity index (χ2v) is 8.85. The van der Waals surface area contributed by atoms with Gasteiger partial charge >= 0.3 is 6.18 Å². The first kappa shape index (κ1) is 22.8. The highest BCUT2D eigenvalue weighted by Gasteiger charge is 2.32. The molecule has 3 aromatic rings. The van der Waals surface area contributed by atoms with Gasteiger partial charge in [-0.15, -0.1) is 0 Å². The summed E-state index contributed by atoms with van der Waals surface area (Å²) in [5.41, 5.74) is 0.963. The zero-order valence-corrected chi connectivity index (χ0v) is 18.8. The van der Waals surface area contributed by atoms with Gasteiger partial charge in [0.05, 0.1) is 27.4 Å². The molecule has 3 heterocycles. The Labute approximate surface area is 189 Å². The number of piperidine rings is 1. The molecule has 1 fully saturated rings. The van der Waals surface area contributed by atoms with Crippen molar-refractivity contribution in [3.63, 3.8) is 0 Å². The van der Waals surface area contributed by atoms with E-state index < -0.39 is 11.7 Å². The SMILES string of the molecule is Cc1nc(NCCCC2CCN(C)CC2)ncc1-c1nc2c(Cl)cc(C(F)(F)F)cc2[nH]1. The van der Waals surface area contributed by atoms with Gasteiger partial charge in [-0.2, -0.15) is 13.2 Å². The minimum atomic E-state index is -4.48. The first-order chi connectivity index (χ1) is 15.2. The summed E-state index contributed by atoms with van der Waals surface area (Å²) in [5, 5.41) is 3.21. The van der Waals surface area contributed by atoms with Crippen molar-refractivity contribution in [2.75, 3.05) is 32.0 Å². The predicted molar refractivity (Wildman–Crippen MR) is 120 cm³/mol. The van der Waals surface area contributed by atoms with E-state index in [-0.39, 0.29) is 16.1 Å². The van der Waals surface area contributed by atoms with Gasteiger partial charge in [0.2, 0.25) is 5.95 Å². The van der Waals surface area contributed by atoms with Gasteiger partial charge in [-0.1, -0.05) is 11.6 Å². The number of anilines is 1. The Morgan fingerprint density at radius 3 is 2.66 bits per heavy atom. The van der Waals surface area contributed by atoms with Crippen molar-refractivity contribution >= 4 is 28.6 Å². The van der Waals surface area contributed by atoms with E-state index in [4.69, 9.17) is 11.6 Å². The number of aromatic amines is 1. The fourth-order valence-electron chi connectivity index (χ4n) is 4.09. The summed E-state index contributed by atoms with van der Waals surface area (Å²) in [6.07, 6.45) is 1.90. The lowest BCUT2D eigenvalue weighted by molar-refractivity contribution is -0.137. The molecule has 2 N–H and O–H groups in total. The molecule has 1 aliphatic rings. The van der Waals surface area contributed by atoms with E-state index in [2.05, 4.69) is 37.2 Å². The van der Waals surface area contributed by atoms with E-state index in [9.17, 15) is 13.2 Å². The number of benzene rings is 1. The quantitative estimate of drug-likeness (QED) is 0.467. The van der Waals surface area contributed by atoms with Crippen LogP contribution in [-0.4, -0.2) is 51.5 Å². The molecule has 172 valence electrons. The van der Waals surface area contributed by atoms with Crippen molar-refractivity contribution in [3.05, 3.63) is 34.6 Å². The lowest BCUT2D eigenvalue weighted by Gasteiger charge is -2.28. The maximum Gasteiger partial charge on any atom is 0.416 e. The highest BCUT2D eigenvalue weighted by molar-refractivity contribution is 6.35. The molecule has 1 saturated heterocycles. The summed E-state index contributed by atoms with van der Waals surface area (Å²) in [6, 6.07) is 1.89. The Kier molecular flexibility index (Phi) is 6.57. The average molecular weight is 467 g/mol. The largest absolute Gasteiger partial charge is 0.416 e. The number of rotatable bonds is 6. The van der Waals surface area contributed by atoms with Crippen LogP contribution in [-0.2, 0) is 6.18 Å². The third-order valence-electron chi connectivity index (χ3n) is 6.01. The molecule has 6 nitrogen and oxygen atoms in total. The van der Waals surface area contributed by atoms with Gasteiger partial charge in [-0.3, -0.25) is 0 Å². The van der Waals surface area contributed by atoms with Gasteiger partial charge in [-0.25, -0.2) is 15.0 Å². The predicted octanol–water partition coefficient (Wildman–Crippen LogP) is 5.53. The standard InChI is InChI=1S/C22H26ClF3N6/c1-13-16(20-30-18-11-15(22(24,25)26)10-17(23)19(18)31-20)12-28-21(29-13)27-7-3-4-14-5-8-32(2)9-6-14/h10-12,14H,3-9H2,1-2H3,(H,30,31)(H,27,28,29). The molecular formula is C22H26ClF3N6. The zero-order chi connectivity index (χ0) is 22.9. The lowest BCUT2D eigenvalue weighted by Crippen LogP contribution is -2.30. The normalized spacial score (nSPS) is 16.1. The van der Waals surface area contributed by atoms with Gasteiger partial charge in [-0.05, 0) is 70.8 Å². The van der Waals surface area contributed by atoms with Crippen molar-refractivity contribution in [2.24, 2.45) is 5.92 Å². The molecule has 4 rings (SSSR count). The molecule has 0 spiro atoms. The van der Waals surface area contributed by atoms with Crippen LogP contribution in [0.3, 0.4) is 0 Å². The lowest BCUT2D eigenvalue weighted by atomic mass is 9.92. The van der Waals surface area contributed by atoms with Crippen LogP contribution in [0.5, 0.6) is 0 Å². The van der Waals surface area contributed by atoms with E-state index in [1.54, 1.807) is 6.20 Å². The number of aryl methyl sites for hydroxylation is 1. The maximum atomic E-state index is 13.1. The number of alkyl halides is 3. The fraction of sp³-hybridized carbons (Fsp3) is 0.500. The second-order valence-electron chi connectivity index (χ2n) is 8.45. The molecule has 0 bridgehead atoms. The van der Waals surface area contributed by atoms with Crippen LogP contribution >= 0.6 is 11.6 Å². The summed E-state index contributed by atoms with van der Waals surface area (Å²) in [4.78, 5) is 18.5. The maximum absolute atomic E-state index is 13.1. The minimum absolute atomic E-state index is 0.0567. The number of H-pyrrole nitrogens is 1. The van der Waals surface area contributed by atoms with E-state index in [0.29, 0.717) is 23.0 Å². The molecule has 0 radical (unpaired) electrons. The molecular weight excluding hydrogens is 441 g/mol.